The summed E-state index contributed by atoms with van der Waals surface area (Å²) in [6.45, 7) is 30.5. The first-order valence-electron chi connectivity index (χ1n) is 17.9. The molecule has 8 atom stereocenters. The van der Waals surface area contributed by atoms with Gasteiger partial charge in [0.15, 0.2) is 16.6 Å². The first kappa shape index (κ1) is 40.6. The zero-order valence-electron chi connectivity index (χ0n) is 32.5. The first-order valence-corrected chi connectivity index (χ1v) is 23.7. The predicted octanol–water partition coefficient (Wildman–Crippen LogP) is 8.64. The molecule has 0 saturated heterocycles. The van der Waals surface area contributed by atoms with Gasteiger partial charge in [-0.3, -0.25) is 9.97 Å². The van der Waals surface area contributed by atoms with E-state index < -0.39 is 27.8 Å². The second-order valence-electron chi connectivity index (χ2n) is 18.3. The second-order valence-corrected chi connectivity index (χ2v) is 27.8. The Kier molecular flexibility index (Phi) is 12.2. The van der Waals surface area contributed by atoms with Crippen molar-refractivity contribution in [3.05, 3.63) is 48.0 Å². The van der Waals surface area contributed by atoms with Crippen molar-refractivity contribution in [2.75, 3.05) is 11.5 Å². The van der Waals surface area contributed by atoms with Gasteiger partial charge in [0.05, 0.1) is 47.2 Å². The summed E-state index contributed by atoms with van der Waals surface area (Å²) >= 11 is 0. The fourth-order valence-corrected chi connectivity index (χ4v) is 9.44. The zero-order chi connectivity index (χ0) is 36.7. The van der Waals surface area contributed by atoms with Crippen LogP contribution in [0.3, 0.4) is 0 Å². The fourth-order valence-electron chi connectivity index (χ4n) is 6.64. The highest BCUT2D eigenvalue weighted by Crippen LogP contribution is 2.49. The van der Waals surface area contributed by atoms with Crippen molar-refractivity contribution < 1.29 is 19.1 Å². The molecule has 0 unspecified atom stereocenters. The number of rotatable bonds is 6. The molecule has 0 aliphatic heterocycles. The average Bonchev–Trinajstić information content (AvgIpc) is 2.93. The zero-order valence-corrected chi connectivity index (χ0v) is 34.5. The smallest absolute Gasteiger partial charge is 0.192 e. The molecule has 2 aromatic heterocycles. The van der Waals surface area contributed by atoms with Crippen LogP contribution in [-0.2, 0) is 8.85 Å². The third-order valence-corrected chi connectivity index (χ3v) is 21.7. The molecule has 2 saturated carbocycles. The number of hydrogen-bond donors (Lipinski definition) is 4. The Morgan fingerprint density at radius 1 is 0.667 bits per heavy atom. The average molecular weight is 701 g/mol. The van der Waals surface area contributed by atoms with Gasteiger partial charge in [-0.05, 0) is 123 Å². The van der Waals surface area contributed by atoms with Gasteiger partial charge in [-0.1, -0.05) is 55.4 Å². The van der Waals surface area contributed by atoms with E-state index >= 15 is 0 Å². The van der Waals surface area contributed by atoms with Crippen molar-refractivity contribution in [2.45, 2.75) is 166 Å². The summed E-state index contributed by atoms with van der Waals surface area (Å²) in [5, 5.41) is 22.5. The predicted molar refractivity (Wildman–Crippen MR) is 205 cm³/mol. The minimum Gasteiger partial charge on any atom is -0.411 e. The number of anilines is 2. The topological polar surface area (TPSA) is 137 Å². The summed E-state index contributed by atoms with van der Waals surface area (Å²) in [4.78, 5) is 8.20. The van der Waals surface area contributed by atoms with Gasteiger partial charge in [0, 0.05) is 12.4 Å². The lowest BCUT2D eigenvalue weighted by atomic mass is 9.69. The summed E-state index contributed by atoms with van der Waals surface area (Å²) in [7, 11) is -3.92. The summed E-state index contributed by atoms with van der Waals surface area (Å²) in [6.07, 6.45) is 10.1. The molecule has 0 radical (unpaired) electrons. The van der Waals surface area contributed by atoms with Gasteiger partial charge in [-0.2, -0.15) is 0 Å². The summed E-state index contributed by atoms with van der Waals surface area (Å²) in [5.41, 5.74) is 14.4. The maximum absolute atomic E-state index is 11.1. The van der Waals surface area contributed by atoms with Gasteiger partial charge < -0.3 is 30.5 Å². The highest BCUT2D eigenvalue weighted by Gasteiger charge is 2.51. The molecule has 272 valence electrons. The van der Waals surface area contributed by atoms with E-state index in [4.69, 9.17) is 20.3 Å². The molecule has 2 heterocycles. The number of nitrogens with two attached hydrogens (primary N) is 2. The quantitative estimate of drug-likeness (QED) is 0.220. The van der Waals surface area contributed by atoms with Gasteiger partial charge in [0.25, 0.3) is 0 Å². The minimum atomic E-state index is -1.96. The first-order chi connectivity index (χ1) is 21.7. The molecule has 10 heteroatoms. The molecule has 4 rings (SSSR count). The molecule has 0 aromatic carbocycles. The van der Waals surface area contributed by atoms with E-state index in [2.05, 4.69) is 91.5 Å². The molecule has 2 aliphatic carbocycles. The van der Waals surface area contributed by atoms with E-state index in [9.17, 15) is 10.2 Å². The summed E-state index contributed by atoms with van der Waals surface area (Å²) < 4.78 is 13.3. The highest BCUT2D eigenvalue weighted by atomic mass is 28.4. The van der Waals surface area contributed by atoms with Crippen LogP contribution in [-0.4, -0.2) is 60.2 Å². The molecule has 6 N–H and O–H groups in total. The lowest BCUT2D eigenvalue weighted by Crippen LogP contribution is -2.56. The molecule has 0 bridgehead atoms. The van der Waals surface area contributed by atoms with E-state index in [0.29, 0.717) is 11.8 Å². The third-order valence-electron chi connectivity index (χ3n) is 12.7. The van der Waals surface area contributed by atoms with Crippen molar-refractivity contribution >= 4 is 28.0 Å². The summed E-state index contributed by atoms with van der Waals surface area (Å²) in [6, 6.07) is 4.02. The third kappa shape index (κ3) is 8.90. The number of nitrogen functional groups attached to an aromatic ring is 2. The van der Waals surface area contributed by atoms with Crippen LogP contribution in [0.5, 0.6) is 0 Å². The van der Waals surface area contributed by atoms with E-state index in [1.165, 1.54) is 0 Å². The molecular formula is C38H68N4O4Si2. The van der Waals surface area contributed by atoms with Crippen LogP contribution in [0.1, 0.15) is 118 Å². The van der Waals surface area contributed by atoms with Gasteiger partial charge >= 0.3 is 0 Å². The maximum Gasteiger partial charge on any atom is 0.192 e. The fraction of sp³-hybridized carbons (Fsp3) is 0.737. The van der Waals surface area contributed by atoms with Crippen LogP contribution in [0, 0.1) is 11.8 Å². The van der Waals surface area contributed by atoms with Crippen molar-refractivity contribution in [3.8, 4) is 0 Å². The standard InChI is InChI=1S/2C19H34N2O2Si/c2*1-13-10-14(15-8-9-21-12-16(15)20)11-17(19(13,5)22)23-24(6,7)18(2,3)4/h2*8-9,12-14,17,22H,10-11,20H2,1-7H3/t2*13-,14+,17+,19+/m10/s1. The van der Waals surface area contributed by atoms with Crippen molar-refractivity contribution in [1.29, 1.82) is 0 Å². The van der Waals surface area contributed by atoms with E-state index in [0.717, 1.165) is 48.2 Å². The van der Waals surface area contributed by atoms with E-state index in [-0.39, 0.29) is 34.1 Å². The van der Waals surface area contributed by atoms with E-state index in [1.54, 1.807) is 24.8 Å². The Labute approximate surface area is 294 Å². The molecule has 2 fully saturated rings. The lowest BCUT2D eigenvalue weighted by Gasteiger charge is -2.50. The molecular weight excluding hydrogens is 633 g/mol. The molecule has 0 spiro atoms. The molecule has 2 aromatic rings. The lowest BCUT2D eigenvalue weighted by molar-refractivity contribution is -0.117. The Morgan fingerprint density at radius 3 is 1.25 bits per heavy atom. The molecule has 8 nitrogen and oxygen atoms in total. The Morgan fingerprint density at radius 2 is 0.979 bits per heavy atom. The normalized spacial score (nSPS) is 31.9. The molecule has 2 aliphatic rings. The number of hydrogen-bond acceptors (Lipinski definition) is 8. The Hall–Kier alpha value is -1.83. The number of aliphatic hydroxyl groups is 2. The van der Waals surface area contributed by atoms with Crippen LogP contribution in [0.25, 0.3) is 0 Å². The Bertz CT molecular complexity index is 1270. The molecule has 48 heavy (non-hydrogen) atoms. The Balaban J connectivity index is 0.000000260. The van der Waals surface area contributed by atoms with Crippen molar-refractivity contribution in [3.63, 3.8) is 0 Å². The van der Waals surface area contributed by atoms with Gasteiger partial charge in [-0.15, -0.1) is 0 Å². The van der Waals surface area contributed by atoms with Crippen LogP contribution >= 0.6 is 0 Å². The van der Waals surface area contributed by atoms with E-state index in [1.807, 2.05) is 26.0 Å². The maximum atomic E-state index is 11.1. The minimum absolute atomic E-state index is 0.120. The SMILES string of the molecule is C[C@@H]1C[C@H](c2ccncc2N)C[C@H](O[Si](C)(C)C(C)(C)C)[C@@]1(C)O.C[C@H]1C[C@@H](c2ccncc2N)C[C@@H](O[Si](C)(C)C(C)(C)C)[C@]1(C)O. The monoisotopic (exact) mass is 700 g/mol. The number of nitrogens with zero attached hydrogens (tertiary/aromatic N) is 2. The van der Waals surface area contributed by atoms with Crippen molar-refractivity contribution in [2.24, 2.45) is 11.8 Å². The summed E-state index contributed by atoms with van der Waals surface area (Å²) in [5.74, 6) is 0.910. The molecule has 0 amide bonds. The highest BCUT2D eigenvalue weighted by molar-refractivity contribution is 6.74. The van der Waals surface area contributed by atoms with Crippen LogP contribution < -0.4 is 11.5 Å². The van der Waals surface area contributed by atoms with Crippen LogP contribution in [0.2, 0.25) is 36.3 Å². The number of pyridine rings is 2. The van der Waals surface area contributed by atoms with Crippen LogP contribution in [0.15, 0.2) is 36.9 Å². The van der Waals surface area contributed by atoms with Crippen LogP contribution in [0.4, 0.5) is 11.4 Å². The van der Waals surface area contributed by atoms with Gasteiger partial charge in [-0.25, -0.2) is 0 Å². The largest absolute Gasteiger partial charge is 0.411 e. The van der Waals surface area contributed by atoms with Gasteiger partial charge in [0.2, 0.25) is 0 Å². The van der Waals surface area contributed by atoms with Crippen molar-refractivity contribution in [1.82, 2.24) is 9.97 Å². The van der Waals surface area contributed by atoms with Gasteiger partial charge in [0.1, 0.15) is 0 Å². The second kappa shape index (κ2) is 14.4. The number of aromatic nitrogens is 2.